The van der Waals surface area contributed by atoms with Gasteiger partial charge in [-0.1, -0.05) is 60.7 Å². The van der Waals surface area contributed by atoms with Crippen molar-refractivity contribution in [1.29, 1.82) is 0 Å². The van der Waals surface area contributed by atoms with Gasteiger partial charge in [0.25, 0.3) is 0 Å². The fourth-order valence-corrected chi connectivity index (χ4v) is 4.22. The number of ether oxygens (including phenoxy) is 1. The Bertz CT molecular complexity index is 888. The van der Waals surface area contributed by atoms with Crippen LogP contribution >= 0.6 is 0 Å². The molecule has 5 nitrogen and oxygen atoms in total. The van der Waals surface area contributed by atoms with Gasteiger partial charge in [0.1, 0.15) is 12.6 Å². The molecule has 0 saturated carbocycles. The zero-order valence-electron chi connectivity index (χ0n) is 15.7. The molecule has 4 rings (SSSR count). The van der Waals surface area contributed by atoms with E-state index in [1.165, 1.54) is 11.8 Å². The van der Waals surface area contributed by atoms with Crippen molar-refractivity contribution in [2.24, 2.45) is 0 Å². The third kappa shape index (κ3) is 3.17. The Labute approximate surface area is 164 Å². The zero-order valence-corrected chi connectivity index (χ0v) is 15.7. The highest BCUT2D eigenvalue weighted by Crippen LogP contribution is 2.44. The maximum absolute atomic E-state index is 12.9. The minimum Gasteiger partial charge on any atom is -0.480 e. The number of carboxylic acids is 1. The van der Waals surface area contributed by atoms with Crippen molar-refractivity contribution in [1.82, 2.24) is 4.90 Å². The lowest BCUT2D eigenvalue weighted by atomic mass is 9.98. The molecule has 2 aliphatic rings. The molecule has 0 saturated heterocycles. The van der Waals surface area contributed by atoms with Gasteiger partial charge in [-0.2, -0.15) is 0 Å². The smallest absolute Gasteiger partial charge is 0.411 e. The van der Waals surface area contributed by atoms with E-state index in [1.54, 1.807) is 0 Å². The first-order chi connectivity index (χ1) is 13.6. The maximum Gasteiger partial charge on any atom is 0.411 e. The van der Waals surface area contributed by atoms with Crippen LogP contribution in [0.2, 0.25) is 0 Å². The number of aliphatic carboxylic acids is 1. The molecule has 0 fully saturated rings. The largest absolute Gasteiger partial charge is 0.480 e. The lowest BCUT2D eigenvalue weighted by Gasteiger charge is -2.31. The van der Waals surface area contributed by atoms with Crippen molar-refractivity contribution in [3.05, 3.63) is 71.8 Å². The molecule has 2 atom stereocenters. The second kappa shape index (κ2) is 7.50. The Balaban J connectivity index is 1.55. The van der Waals surface area contributed by atoms with E-state index in [2.05, 4.69) is 24.3 Å². The first-order valence-electron chi connectivity index (χ1n) is 9.60. The summed E-state index contributed by atoms with van der Waals surface area (Å²) < 4.78 is 5.68. The van der Waals surface area contributed by atoms with Crippen LogP contribution in [0.3, 0.4) is 0 Å². The Morgan fingerprint density at radius 1 is 1.11 bits per heavy atom. The number of hydrogen-bond donors (Lipinski definition) is 1. The molecule has 28 heavy (non-hydrogen) atoms. The van der Waals surface area contributed by atoms with E-state index < -0.39 is 18.1 Å². The van der Waals surface area contributed by atoms with Gasteiger partial charge in [-0.15, -0.1) is 0 Å². The number of allylic oxidation sites excluding steroid dienone is 1. The van der Waals surface area contributed by atoms with Gasteiger partial charge >= 0.3 is 12.1 Å². The Kier molecular flexibility index (Phi) is 4.90. The SMILES string of the molecule is CC(C(=O)O)N(C(=O)OCC1c2ccccc2-c2ccccc21)C1C=CCC1. The summed E-state index contributed by atoms with van der Waals surface area (Å²) in [6.07, 6.45) is 4.85. The van der Waals surface area contributed by atoms with Gasteiger partial charge in [0.05, 0.1) is 6.04 Å². The van der Waals surface area contributed by atoms with E-state index in [4.69, 9.17) is 4.74 Å². The number of carboxylic acid groups (broad SMARTS) is 1. The predicted octanol–water partition coefficient (Wildman–Crippen LogP) is 4.43. The van der Waals surface area contributed by atoms with Crippen molar-refractivity contribution in [3.8, 4) is 11.1 Å². The van der Waals surface area contributed by atoms with E-state index in [0.29, 0.717) is 0 Å². The number of benzene rings is 2. The summed E-state index contributed by atoms with van der Waals surface area (Å²) in [5.41, 5.74) is 4.59. The summed E-state index contributed by atoms with van der Waals surface area (Å²) >= 11 is 0. The van der Waals surface area contributed by atoms with Crippen LogP contribution in [-0.2, 0) is 9.53 Å². The van der Waals surface area contributed by atoms with Crippen LogP contribution < -0.4 is 0 Å². The van der Waals surface area contributed by atoms with Crippen LogP contribution in [0.25, 0.3) is 11.1 Å². The number of rotatable bonds is 5. The van der Waals surface area contributed by atoms with E-state index in [9.17, 15) is 14.7 Å². The summed E-state index contributed by atoms with van der Waals surface area (Å²) in [5, 5.41) is 9.43. The van der Waals surface area contributed by atoms with E-state index in [-0.39, 0.29) is 18.6 Å². The van der Waals surface area contributed by atoms with Crippen molar-refractivity contribution in [2.75, 3.05) is 6.61 Å². The quantitative estimate of drug-likeness (QED) is 0.783. The summed E-state index contributed by atoms with van der Waals surface area (Å²) in [6.45, 7) is 1.71. The van der Waals surface area contributed by atoms with Crippen LogP contribution in [0.4, 0.5) is 4.79 Å². The van der Waals surface area contributed by atoms with E-state index in [0.717, 1.165) is 35.1 Å². The van der Waals surface area contributed by atoms with Gasteiger partial charge < -0.3 is 9.84 Å². The molecule has 0 aliphatic heterocycles. The third-order valence-electron chi connectivity index (χ3n) is 5.67. The summed E-state index contributed by atoms with van der Waals surface area (Å²) in [4.78, 5) is 25.7. The summed E-state index contributed by atoms with van der Waals surface area (Å²) in [5.74, 6) is -1.08. The van der Waals surface area contributed by atoms with Crippen molar-refractivity contribution in [3.63, 3.8) is 0 Å². The standard InChI is InChI=1S/C23H23NO4/c1-15(22(25)26)24(16-8-2-3-9-16)23(27)28-14-21-19-12-6-4-10-17(19)18-11-5-7-13-20(18)21/h2,4-8,10-13,15-16,21H,3,9,14H2,1H3,(H,25,26). The monoisotopic (exact) mass is 377 g/mol. The minimum absolute atomic E-state index is 0.0440. The lowest BCUT2D eigenvalue weighted by molar-refractivity contribution is -0.142. The molecule has 2 unspecified atom stereocenters. The van der Waals surface area contributed by atoms with Crippen LogP contribution in [0.1, 0.15) is 36.8 Å². The van der Waals surface area contributed by atoms with E-state index >= 15 is 0 Å². The van der Waals surface area contributed by atoms with Crippen LogP contribution in [0.5, 0.6) is 0 Å². The molecule has 2 aromatic carbocycles. The first kappa shape index (κ1) is 18.3. The van der Waals surface area contributed by atoms with Crippen LogP contribution in [0, 0.1) is 0 Å². The van der Waals surface area contributed by atoms with Gasteiger partial charge in [0, 0.05) is 5.92 Å². The Morgan fingerprint density at radius 3 is 2.25 bits per heavy atom. The second-order valence-electron chi connectivity index (χ2n) is 7.30. The van der Waals surface area contributed by atoms with Crippen LogP contribution in [-0.4, -0.2) is 40.8 Å². The number of carbonyl (C=O) groups is 2. The molecule has 1 amide bonds. The fourth-order valence-electron chi connectivity index (χ4n) is 4.22. The molecule has 2 aromatic rings. The number of hydrogen-bond acceptors (Lipinski definition) is 3. The summed E-state index contributed by atoms with van der Waals surface area (Å²) in [7, 11) is 0. The van der Waals surface area contributed by atoms with Gasteiger partial charge in [0.2, 0.25) is 0 Å². The third-order valence-corrected chi connectivity index (χ3v) is 5.67. The average molecular weight is 377 g/mol. The normalized spacial score (nSPS) is 18.4. The topological polar surface area (TPSA) is 66.8 Å². The van der Waals surface area contributed by atoms with Gasteiger partial charge in [-0.05, 0) is 42.0 Å². The van der Waals surface area contributed by atoms with Crippen molar-refractivity contribution < 1.29 is 19.4 Å². The summed E-state index contributed by atoms with van der Waals surface area (Å²) in [6, 6.07) is 15.1. The van der Waals surface area contributed by atoms with Gasteiger partial charge in [-0.25, -0.2) is 9.59 Å². The van der Waals surface area contributed by atoms with Crippen molar-refractivity contribution >= 4 is 12.1 Å². The molecular formula is C23H23NO4. The number of amides is 1. The molecule has 0 radical (unpaired) electrons. The highest BCUT2D eigenvalue weighted by Gasteiger charge is 2.35. The Hall–Kier alpha value is -3.08. The molecule has 144 valence electrons. The molecule has 2 aliphatic carbocycles. The highest BCUT2D eigenvalue weighted by atomic mass is 16.6. The molecule has 0 bridgehead atoms. The maximum atomic E-state index is 12.9. The average Bonchev–Trinajstić information content (AvgIpc) is 3.33. The second-order valence-corrected chi connectivity index (χ2v) is 7.30. The van der Waals surface area contributed by atoms with Crippen molar-refractivity contribution in [2.45, 2.75) is 37.8 Å². The minimum atomic E-state index is -1.03. The molecule has 1 N–H and O–H groups in total. The molecule has 0 heterocycles. The first-order valence-corrected chi connectivity index (χ1v) is 9.60. The molecular weight excluding hydrogens is 354 g/mol. The number of fused-ring (bicyclic) bond motifs is 3. The van der Waals surface area contributed by atoms with Gasteiger partial charge in [-0.3, -0.25) is 4.90 Å². The van der Waals surface area contributed by atoms with Gasteiger partial charge in [0.15, 0.2) is 0 Å². The molecule has 0 aromatic heterocycles. The lowest BCUT2D eigenvalue weighted by Crippen LogP contribution is -2.48. The zero-order chi connectivity index (χ0) is 19.7. The predicted molar refractivity (Wildman–Crippen MR) is 106 cm³/mol. The Morgan fingerprint density at radius 2 is 1.71 bits per heavy atom. The fraction of sp³-hybridized carbons (Fsp3) is 0.304. The highest BCUT2D eigenvalue weighted by molar-refractivity contribution is 5.81. The number of carbonyl (C=O) groups excluding carboxylic acids is 1. The van der Waals surface area contributed by atoms with E-state index in [1.807, 2.05) is 36.4 Å². The van der Waals surface area contributed by atoms with Crippen LogP contribution in [0.15, 0.2) is 60.7 Å². The number of nitrogens with zero attached hydrogens (tertiary/aromatic N) is 1. The molecule has 0 spiro atoms. The molecule has 5 heteroatoms.